The van der Waals surface area contributed by atoms with Crippen LogP contribution < -0.4 is 10.5 Å². The van der Waals surface area contributed by atoms with Crippen molar-refractivity contribution in [3.05, 3.63) is 70.1 Å². The molecule has 0 aliphatic heterocycles. The van der Waals surface area contributed by atoms with Crippen molar-refractivity contribution in [2.45, 2.75) is 33.4 Å². The van der Waals surface area contributed by atoms with Gasteiger partial charge in [-0.2, -0.15) is 5.10 Å². The molecule has 2 aromatic carbocycles. The van der Waals surface area contributed by atoms with Gasteiger partial charge in [0, 0.05) is 38.3 Å². The highest BCUT2D eigenvalue weighted by Gasteiger charge is 2.22. The van der Waals surface area contributed by atoms with Gasteiger partial charge in [-0.15, -0.1) is 0 Å². The molecule has 0 atom stereocenters. The van der Waals surface area contributed by atoms with Crippen LogP contribution in [0.15, 0.2) is 53.3 Å². The molecular weight excluding hydrogens is 364 g/mol. The Morgan fingerprint density at radius 3 is 2.21 bits per heavy atom. The quantitative estimate of drug-likeness (QED) is 0.642. The van der Waals surface area contributed by atoms with Crippen molar-refractivity contribution in [2.24, 2.45) is 0 Å². The Labute approximate surface area is 171 Å². The Bertz CT molecular complexity index is 1070. The maximum atomic E-state index is 13.4. The van der Waals surface area contributed by atoms with E-state index in [1.54, 1.807) is 17.0 Å². The summed E-state index contributed by atoms with van der Waals surface area (Å²) >= 11 is 0. The lowest BCUT2D eigenvalue weighted by molar-refractivity contribution is 0.0746. The first-order valence-electron chi connectivity index (χ1n) is 9.90. The van der Waals surface area contributed by atoms with Gasteiger partial charge < -0.3 is 9.80 Å². The number of hydrogen-bond acceptors (Lipinski definition) is 4. The molecule has 1 aromatic heterocycles. The SMILES string of the molecule is CCN(Cc1ccc(N(C)C)cc1)C(=O)c1nn(C(C)C)c(=O)c2ccccc12. The van der Waals surface area contributed by atoms with Gasteiger partial charge >= 0.3 is 0 Å². The predicted molar refractivity (Wildman–Crippen MR) is 118 cm³/mol. The molecule has 1 amide bonds. The molecule has 0 saturated heterocycles. The number of aromatic nitrogens is 2. The van der Waals surface area contributed by atoms with E-state index in [0.717, 1.165) is 11.3 Å². The largest absolute Gasteiger partial charge is 0.378 e. The number of nitrogens with zero attached hydrogens (tertiary/aromatic N) is 4. The zero-order valence-corrected chi connectivity index (χ0v) is 17.7. The van der Waals surface area contributed by atoms with Gasteiger partial charge in [-0.1, -0.05) is 30.3 Å². The van der Waals surface area contributed by atoms with Crippen LogP contribution >= 0.6 is 0 Å². The fourth-order valence-electron chi connectivity index (χ4n) is 3.31. The number of carbonyl (C=O) groups excluding carboxylic acids is 1. The van der Waals surface area contributed by atoms with Gasteiger partial charge in [-0.3, -0.25) is 9.59 Å². The van der Waals surface area contributed by atoms with Gasteiger partial charge in [-0.05, 0) is 44.5 Å². The smallest absolute Gasteiger partial charge is 0.275 e. The average Bonchev–Trinajstić information content (AvgIpc) is 2.72. The van der Waals surface area contributed by atoms with E-state index < -0.39 is 0 Å². The molecule has 0 bridgehead atoms. The van der Waals surface area contributed by atoms with E-state index in [4.69, 9.17) is 0 Å². The van der Waals surface area contributed by atoms with Crippen molar-refractivity contribution in [1.29, 1.82) is 0 Å². The number of amides is 1. The first-order valence-corrected chi connectivity index (χ1v) is 9.90. The van der Waals surface area contributed by atoms with Crippen LogP contribution in [0, 0.1) is 0 Å². The molecule has 152 valence electrons. The molecule has 3 rings (SSSR count). The summed E-state index contributed by atoms with van der Waals surface area (Å²) in [5.41, 5.74) is 2.31. The number of benzene rings is 2. The molecule has 0 unspecified atom stereocenters. The van der Waals surface area contributed by atoms with Crippen LogP contribution in [-0.2, 0) is 6.54 Å². The number of fused-ring (bicyclic) bond motifs is 1. The lowest BCUT2D eigenvalue weighted by Crippen LogP contribution is -2.34. The van der Waals surface area contributed by atoms with Crippen molar-refractivity contribution in [1.82, 2.24) is 14.7 Å². The zero-order valence-electron chi connectivity index (χ0n) is 17.7. The predicted octanol–water partition coefficient (Wildman–Crippen LogP) is 3.71. The van der Waals surface area contributed by atoms with E-state index in [1.165, 1.54) is 4.68 Å². The minimum atomic E-state index is -0.172. The molecule has 0 fully saturated rings. The average molecular weight is 393 g/mol. The molecule has 29 heavy (non-hydrogen) atoms. The summed E-state index contributed by atoms with van der Waals surface area (Å²) in [5, 5.41) is 5.57. The van der Waals surface area contributed by atoms with Crippen LogP contribution in [0.5, 0.6) is 0 Å². The Kier molecular flexibility index (Phi) is 6.01. The van der Waals surface area contributed by atoms with E-state index in [9.17, 15) is 9.59 Å². The zero-order chi connectivity index (χ0) is 21.1. The molecule has 6 nitrogen and oxygen atoms in total. The van der Waals surface area contributed by atoms with Crippen molar-refractivity contribution < 1.29 is 4.79 Å². The lowest BCUT2D eigenvalue weighted by Gasteiger charge is -2.22. The molecule has 6 heteroatoms. The maximum absolute atomic E-state index is 13.4. The third-order valence-corrected chi connectivity index (χ3v) is 5.02. The van der Waals surface area contributed by atoms with E-state index in [0.29, 0.717) is 29.6 Å². The molecule has 0 radical (unpaired) electrons. The van der Waals surface area contributed by atoms with Crippen LogP contribution in [0.3, 0.4) is 0 Å². The Hall–Kier alpha value is -3.15. The van der Waals surface area contributed by atoms with Gasteiger partial charge in [0.25, 0.3) is 11.5 Å². The van der Waals surface area contributed by atoms with E-state index in [-0.39, 0.29) is 17.5 Å². The first-order chi connectivity index (χ1) is 13.8. The Balaban J connectivity index is 2.00. The standard InChI is InChI=1S/C23H28N4O2/c1-6-26(15-17-11-13-18(14-12-17)25(4)5)23(29)21-19-9-7-8-10-20(19)22(28)27(24-21)16(2)3/h7-14,16H,6,15H2,1-5H3. The summed E-state index contributed by atoms with van der Waals surface area (Å²) in [6, 6.07) is 15.2. The number of carbonyl (C=O) groups is 1. The maximum Gasteiger partial charge on any atom is 0.275 e. The summed E-state index contributed by atoms with van der Waals surface area (Å²) in [6.07, 6.45) is 0. The second-order valence-electron chi connectivity index (χ2n) is 7.62. The van der Waals surface area contributed by atoms with Crippen molar-refractivity contribution in [3.8, 4) is 0 Å². The summed E-state index contributed by atoms with van der Waals surface area (Å²) in [6.45, 7) is 6.76. The first kappa shape index (κ1) is 20.6. The molecule has 1 heterocycles. The molecule has 0 aliphatic carbocycles. The number of rotatable bonds is 6. The monoisotopic (exact) mass is 392 g/mol. The van der Waals surface area contributed by atoms with Gasteiger partial charge in [-0.25, -0.2) is 4.68 Å². The number of anilines is 1. The molecule has 0 aliphatic rings. The lowest BCUT2D eigenvalue weighted by atomic mass is 10.1. The minimum absolute atomic E-state index is 0.132. The normalized spacial score (nSPS) is 11.1. The minimum Gasteiger partial charge on any atom is -0.378 e. The van der Waals surface area contributed by atoms with Crippen LogP contribution in [0.4, 0.5) is 5.69 Å². The molecule has 0 saturated carbocycles. The molecule has 0 spiro atoms. The van der Waals surface area contributed by atoms with E-state index in [2.05, 4.69) is 5.10 Å². The van der Waals surface area contributed by atoms with Crippen molar-refractivity contribution in [2.75, 3.05) is 25.5 Å². The summed E-state index contributed by atoms with van der Waals surface area (Å²) < 4.78 is 1.40. The Morgan fingerprint density at radius 2 is 1.66 bits per heavy atom. The highest BCUT2D eigenvalue weighted by atomic mass is 16.2. The van der Waals surface area contributed by atoms with E-state index in [1.807, 2.05) is 76.2 Å². The molecule has 3 aromatic rings. The second kappa shape index (κ2) is 8.47. The van der Waals surface area contributed by atoms with Gasteiger partial charge in [0.15, 0.2) is 5.69 Å². The van der Waals surface area contributed by atoms with Gasteiger partial charge in [0.1, 0.15) is 0 Å². The van der Waals surface area contributed by atoms with Gasteiger partial charge in [0.05, 0.1) is 11.4 Å². The number of hydrogen-bond donors (Lipinski definition) is 0. The third-order valence-electron chi connectivity index (χ3n) is 5.02. The van der Waals surface area contributed by atoms with Crippen LogP contribution in [-0.4, -0.2) is 41.2 Å². The third kappa shape index (κ3) is 4.16. The topological polar surface area (TPSA) is 58.4 Å². The van der Waals surface area contributed by atoms with Crippen molar-refractivity contribution >= 4 is 22.4 Å². The summed E-state index contributed by atoms with van der Waals surface area (Å²) in [5.74, 6) is -0.171. The van der Waals surface area contributed by atoms with E-state index >= 15 is 0 Å². The Morgan fingerprint density at radius 1 is 1.03 bits per heavy atom. The fourth-order valence-corrected chi connectivity index (χ4v) is 3.31. The summed E-state index contributed by atoms with van der Waals surface area (Å²) in [7, 11) is 3.99. The van der Waals surface area contributed by atoms with Crippen molar-refractivity contribution in [3.63, 3.8) is 0 Å². The highest BCUT2D eigenvalue weighted by molar-refractivity contribution is 6.04. The van der Waals surface area contributed by atoms with Crippen LogP contribution in [0.2, 0.25) is 0 Å². The van der Waals surface area contributed by atoms with Crippen LogP contribution in [0.25, 0.3) is 10.8 Å². The summed E-state index contributed by atoms with van der Waals surface area (Å²) in [4.78, 5) is 29.9. The highest BCUT2D eigenvalue weighted by Crippen LogP contribution is 2.19. The molecule has 0 N–H and O–H groups in total. The van der Waals surface area contributed by atoms with Gasteiger partial charge in [0.2, 0.25) is 0 Å². The molecular formula is C23H28N4O2. The second-order valence-corrected chi connectivity index (χ2v) is 7.62. The van der Waals surface area contributed by atoms with Crippen LogP contribution in [0.1, 0.15) is 42.9 Å². The fraction of sp³-hybridized carbons (Fsp3) is 0.348.